The molecule has 1 aliphatic carbocycles. The van der Waals surface area contributed by atoms with Gasteiger partial charge in [0.2, 0.25) is 0 Å². The van der Waals surface area contributed by atoms with Gasteiger partial charge in [-0.3, -0.25) is 0 Å². The highest BCUT2D eigenvalue weighted by atomic mass is 32.1. The number of hydrogen-bond donors (Lipinski definition) is 2. The molecule has 0 aliphatic heterocycles. The van der Waals surface area contributed by atoms with Crippen molar-refractivity contribution in [3.8, 4) is 0 Å². The number of hydrogen-bond acceptors (Lipinski definition) is 2. The molecule has 0 amide bonds. The Morgan fingerprint density at radius 2 is 2.00 bits per heavy atom. The Labute approximate surface area is 81.0 Å². The Balaban J connectivity index is 2.57. The van der Waals surface area contributed by atoms with Gasteiger partial charge in [-0.1, -0.05) is 13.8 Å². The van der Waals surface area contributed by atoms with Crippen LogP contribution in [-0.4, -0.2) is 16.0 Å². The Kier molecular flexibility index (Phi) is 3.11. The van der Waals surface area contributed by atoms with E-state index in [2.05, 4.69) is 33.4 Å². The van der Waals surface area contributed by atoms with Crippen molar-refractivity contribution in [1.29, 1.82) is 0 Å². The van der Waals surface area contributed by atoms with Crippen molar-refractivity contribution in [2.45, 2.75) is 50.9 Å². The van der Waals surface area contributed by atoms with Gasteiger partial charge in [0.1, 0.15) is 0 Å². The zero-order valence-electron chi connectivity index (χ0n) is 8.25. The summed E-state index contributed by atoms with van der Waals surface area (Å²) in [5, 5.41) is 9.66. The smallest absolute Gasteiger partial charge is 0.0681 e. The minimum absolute atomic E-state index is 0.160. The maximum absolute atomic E-state index is 9.66. The number of aliphatic hydroxyl groups is 1. The fraction of sp³-hybridized carbons (Fsp3) is 1.00. The van der Waals surface area contributed by atoms with E-state index >= 15 is 0 Å². The monoisotopic (exact) mass is 188 g/mol. The molecule has 0 heterocycles. The van der Waals surface area contributed by atoms with Crippen LogP contribution in [0.25, 0.3) is 0 Å². The largest absolute Gasteiger partial charge is 0.392 e. The lowest BCUT2D eigenvalue weighted by Crippen LogP contribution is -2.41. The summed E-state index contributed by atoms with van der Waals surface area (Å²) in [7, 11) is 0. The second kappa shape index (κ2) is 3.59. The van der Waals surface area contributed by atoms with Crippen LogP contribution in [-0.2, 0) is 0 Å². The van der Waals surface area contributed by atoms with Gasteiger partial charge in [0.15, 0.2) is 0 Å². The summed E-state index contributed by atoms with van der Waals surface area (Å²) in [6.45, 7) is 6.56. The van der Waals surface area contributed by atoms with E-state index in [9.17, 15) is 5.11 Å². The van der Waals surface area contributed by atoms with Gasteiger partial charge >= 0.3 is 0 Å². The van der Waals surface area contributed by atoms with Crippen molar-refractivity contribution in [3.05, 3.63) is 0 Å². The molecule has 1 rings (SSSR count). The molecule has 12 heavy (non-hydrogen) atoms. The van der Waals surface area contributed by atoms with E-state index in [0.717, 1.165) is 31.1 Å². The Bertz CT molecular complexity index is 154. The van der Waals surface area contributed by atoms with Gasteiger partial charge in [-0.25, -0.2) is 0 Å². The van der Waals surface area contributed by atoms with Crippen molar-refractivity contribution < 1.29 is 5.11 Å². The minimum atomic E-state index is -0.212. The summed E-state index contributed by atoms with van der Waals surface area (Å²) in [4.78, 5) is 0. The van der Waals surface area contributed by atoms with Gasteiger partial charge in [-0.2, -0.15) is 12.6 Å². The zero-order chi connectivity index (χ0) is 9.35. The molecule has 0 saturated heterocycles. The van der Waals surface area contributed by atoms with E-state index in [1.807, 2.05) is 0 Å². The van der Waals surface area contributed by atoms with Crippen LogP contribution in [0.2, 0.25) is 0 Å². The number of thiol groups is 1. The molecule has 1 fully saturated rings. The fourth-order valence-corrected chi connectivity index (χ4v) is 2.38. The molecule has 0 radical (unpaired) electrons. The van der Waals surface area contributed by atoms with Gasteiger partial charge in [-0.15, -0.1) is 0 Å². The lowest BCUT2D eigenvalue weighted by atomic mass is 9.75. The van der Waals surface area contributed by atoms with Gasteiger partial charge in [0.25, 0.3) is 0 Å². The van der Waals surface area contributed by atoms with E-state index in [0.29, 0.717) is 0 Å². The molecule has 72 valence electrons. The highest BCUT2D eigenvalue weighted by Gasteiger charge is 2.37. The molecular weight excluding hydrogens is 168 g/mol. The predicted molar refractivity (Wildman–Crippen MR) is 55.6 cm³/mol. The van der Waals surface area contributed by atoms with E-state index in [-0.39, 0.29) is 10.9 Å². The first kappa shape index (κ1) is 10.4. The van der Waals surface area contributed by atoms with Crippen molar-refractivity contribution in [2.75, 3.05) is 0 Å². The summed E-state index contributed by atoms with van der Waals surface area (Å²) < 4.78 is -0.160. The van der Waals surface area contributed by atoms with Gasteiger partial charge in [-0.05, 0) is 38.0 Å². The Morgan fingerprint density at radius 1 is 1.42 bits per heavy atom. The number of aliphatic hydroxyl groups excluding tert-OH is 1. The molecule has 0 aromatic carbocycles. The van der Waals surface area contributed by atoms with E-state index < -0.39 is 0 Å². The van der Waals surface area contributed by atoms with Gasteiger partial charge in [0, 0.05) is 4.75 Å². The third kappa shape index (κ3) is 2.17. The quantitative estimate of drug-likeness (QED) is 0.606. The predicted octanol–water partition coefficient (Wildman–Crippen LogP) is 2.49. The average molecular weight is 188 g/mol. The third-order valence-corrected chi connectivity index (χ3v) is 3.63. The standard InChI is InChI=1S/C10H20OS/c1-7(2)8-4-5-9(11)10(3,12)6-8/h7-9,11-12H,4-6H2,1-3H3/t8-,9+,10+/m0/s1. The topological polar surface area (TPSA) is 20.2 Å². The third-order valence-electron chi connectivity index (χ3n) is 3.15. The first-order chi connectivity index (χ1) is 5.43. The van der Waals surface area contributed by atoms with Crippen LogP contribution in [0.15, 0.2) is 0 Å². The molecular formula is C10H20OS. The molecule has 1 N–H and O–H groups in total. The SMILES string of the molecule is CC(C)[C@H]1CC[C@@H](O)[C@](C)(S)C1. The highest BCUT2D eigenvalue weighted by Crippen LogP contribution is 2.39. The maximum atomic E-state index is 9.66. The summed E-state index contributed by atoms with van der Waals surface area (Å²) in [5.41, 5.74) is 0. The molecule has 0 unspecified atom stereocenters. The maximum Gasteiger partial charge on any atom is 0.0681 e. The molecule has 1 saturated carbocycles. The molecule has 0 spiro atoms. The molecule has 1 nitrogen and oxygen atoms in total. The van der Waals surface area contributed by atoms with Crippen molar-refractivity contribution in [2.24, 2.45) is 11.8 Å². The van der Waals surface area contributed by atoms with Crippen LogP contribution in [0, 0.1) is 11.8 Å². The van der Waals surface area contributed by atoms with Gasteiger partial charge in [0.05, 0.1) is 6.10 Å². The van der Waals surface area contributed by atoms with Crippen LogP contribution in [0.5, 0.6) is 0 Å². The lowest BCUT2D eigenvalue weighted by molar-refractivity contribution is 0.0661. The van der Waals surface area contributed by atoms with Crippen LogP contribution < -0.4 is 0 Å². The van der Waals surface area contributed by atoms with Crippen LogP contribution in [0.1, 0.15) is 40.0 Å². The summed E-state index contributed by atoms with van der Waals surface area (Å²) in [6, 6.07) is 0. The molecule has 2 heteroatoms. The molecule has 1 aliphatic rings. The molecule has 3 atom stereocenters. The second-order valence-electron chi connectivity index (χ2n) is 4.66. The van der Waals surface area contributed by atoms with Crippen LogP contribution in [0.4, 0.5) is 0 Å². The molecule has 0 aromatic rings. The van der Waals surface area contributed by atoms with E-state index in [1.165, 1.54) is 0 Å². The Hall–Kier alpha value is 0.310. The fourth-order valence-electron chi connectivity index (χ4n) is 2.02. The summed E-state index contributed by atoms with van der Waals surface area (Å²) in [6.07, 6.45) is 2.92. The van der Waals surface area contributed by atoms with Gasteiger partial charge < -0.3 is 5.11 Å². The van der Waals surface area contributed by atoms with E-state index in [4.69, 9.17) is 0 Å². The number of rotatable bonds is 1. The summed E-state index contributed by atoms with van der Waals surface area (Å²) in [5.74, 6) is 1.47. The zero-order valence-corrected chi connectivity index (χ0v) is 9.14. The second-order valence-corrected chi connectivity index (χ2v) is 5.68. The molecule has 0 aromatic heterocycles. The first-order valence-electron chi connectivity index (χ1n) is 4.84. The Morgan fingerprint density at radius 3 is 2.42 bits per heavy atom. The van der Waals surface area contributed by atoms with Crippen LogP contribution in [0.3, 0.4) is 0 Å². The van der Waals surface area contributed by atoms with Crippen LogP contribution >= 0.6 is 12.6 Å². The molecule has 0 bridgehead atoms. The first-order valence-corrected chi connectivity index (χ1v) is 5.28. The highest BCUT2D eigenvalue weighted by molar-refractivity contribution is 7.81. The van der Waals surface area contributed by atoms with Crippen molar-refractivity contribution >= 4 is 12.6 Å². The lowest BCUT2D eigenvalue weighted by Gasteiger charge is -2.40. The normalized spacial score (nSPS) is 43.5. The van der Waals surface area contributed by atoms with Crippen molar-refractivity contribution in [3.63, 3.8) is 0 Å². The summed E-state index contributed by atoms with van der Waals surface area (Å²) >= 11 is 4.52. The van der Waals surface area contributed by atoms with E-state index in [1.54, 1.807) is 0 Å². The minimum Gasteiger partial charge on any atom is -0.392 e. The van der Waals surface area contributed by atoms with Crippen molar-refractivity contribution in [1.82, 2.24) is 0 Å². The average Bonchev–Trinajstić information content (AvgIpc) is 1.94.